The highest BCUT2D eigenvalue weighted by atomic mass is 35.5. The second-order valence-electron chi connectivity index (χ2n) is 5.71. The summed E-state index contributed by atoms with van der Waals surface area (Å²) in [4.78, 5) is 20.3. The molecule has 1 N–H and O–H groups in total. The van der Waals surface area contributed by atoms with Gasteiger partial charge in [-0.2, -0.15) is 0 Å². The molecule has 1 aliphatic rings. The third-order valence-corrected chi connectivity index (χ3v) is 4.34. The minimum absolute atomic E-state index is 0.0186. The maximum Gasteiger partial charge on any atom is 0.255 e. The van der Waals surface area contributed by atoms with Crippen LogP contribution in [0.4, 0.5) is 4.39 Å². The molecule has 0 spiro atoms. The minimum atomic E-state index is -0.611. The van der Waals surface area contributed by atoms with E-state index in [1.807, 2.05) is 0 Å². The number of aromatic nitrogens is 2. The van der Waals surface area contributed by atoms with Gasteiger partial charge in [-0.25, -0.2) is 9.37 Å². The van der Waals surface area contributed by atoms with Gasteiger partial charge in [0, 0.05) is 18.4 Å². The largest absolute Gasteiger partial charge is 0.473 e. The molecule has 1 aromatic heterocycles. The third kappa shape index (κ3) is 4.00. The van der Waals surface area contributed by atoms with Crippen molar-refractivity contribution in [3.05, 3.63) is 53.2 Å². The highest BCUT2D eigenvalue weighted by molar-refractivity contribution is 6.33. The Morgan fingerprint density at radius 2 is 2.04 bits per heavy atom. The molecule has 1 fully saturated rings. The zero-order chi connectivity index (χ0) is 16.9. The van der Waals surface area contributed by atoms with Gasteiger partial charge in [-0.3, -0.25) is 9.78 Å². The number of carbonyl (C=O) groups is 1. The lowest BCUT2D eigenvalue weighted by molar-refractivity contribution is 0.0886. The third-order valence-electron chi connectivity index (χ3n) is 4.03. The first-order valence-corrected chi connectivity index (χ1v) is 8.19. The van der Waals surface area contributed by atoms with Crippen LogP contribution in [0.2, 0.25) is 5.02 Å². The molecule has 0 saturated heterocycles. The van der Waals surface area contributed by atoms with Crippen molar-refractivity contribution in [2.75, 3.05) is 0 Å². The van der Waals surface area contributed by atoms with E-state index in [9.17, 15) is 9.18 Å². The van der Waals surface area contributed by atoms with Crippen LogP contribution in [-0.2, 0) is 0 Å². The molecule has 5 nitrogen and oxygen atoms in total. The molecule has 1 amide bonds. The van der Waals surface area contributed by atoms with Crippen LogP contribution in [0, 0.1) is 5.82 Å². The molecule has 3 rings (SSSR count). The summed E-state index contributed by atoms with van der Waals surface area (Å²) in [5, 5.41) is 2.97. The fraction of sp³-hybridized carbons (Fsp3) is 0.353. The van der Waals surface area contributed by atoms with Crippen LogP contribution in [0.5, 0.6) is 5.88 Å². The highest BCUT2D eigenvalue weighted by Gasteiger charge is 2.25. The molecule has 0 atom stereocenters. The topological polar surface area (TPSA) is 64.1 Å². The smallest absolute Gasteiger partial charge is 0.255 e. The number of nitrogens with one attached hydrogen (secondary N) is 1. The zero-order valence-electron chi connectivity index (χ0n) is 12.9. The van der Waals surface area contributed by atoms with Gasteiger partial charge in [0.15, 0.2) is 0 Å². The summed E-state index contributed by atoms with van der Waals surface area (Å²) < 4.78 is 19.5. The second-order valence-corrected chi connectivity index (χ2v) is 6.11. The molecule has 0 aliphatic heterocycles. The Kier molecular flexibility index (Phi) is 5.25. The van der Waals surface area contributed by atoms with Crippen molar-refractivity contribution in [3.8, 4) is 5.88 Å². The number of halogens is 2. The molecule has 0 unspecified atom stereocenters. The Balaban J connectivity index is 1.53. The quantitative estimate of drug-likeness (QED) is 0.919. The Hall–Kier alpha value is -2.21. The van der Waals surface area contributed by atoms with E-state index in [0.717, 1.165) is 25.7 Å². The van der Waals surface area contributed by atoms with Crippen molar-refractivity contribution in [1.29, 1.82) is 0 Å². The highest BCUT2D eigenvalue weighted by Crippen LogP contribution is 2.24. The van der Waals surface area contributed by atoms with Gasteiger partial charge in [-0.1, -0.05) is 17.7 Å². The Morgan fingerprint density at radius 1 is 1.25 bits per heavy atom. The van der Waals surface area contributed by atoms with Crippen molar-refractivity contribution in [2.24, 2.45) is 0 Å². The first-order valence-electron chi connectivity index (χ1n) is 7.81. The van der Waals surface area contributed by atoms with Crippen LogP contribution in [0.25, 0.3) is 0 Å². The minimum Gasteiger partial charge on any atom is -0.473 e. The summed E-state index contributed by atoms with van der Waals surface area (Å²) in [6, 6.07) is 4.19. The Morgan fingerprint density at radius 3 is 2.71 bits per heavy atom. The first kappa shape index (κ1) is 16.6. The average molecular weight is 350 g/mol. The molecule has 1 aliphatic carbocycles. The average Bonchev–Trinajstić information content (AvgIpc) is 2.57. The van der Waals surface area contributed by atoms with Crippen LogP contribution >= 0.6 is 11.6 Å². The number of carbonyl (C=O) groups excluding carboxylic acids is 1. The number of hydrogen-bond donors (Lipinski definition) is 1. The van der Waals surface area contributed by atoms with E-state index in [0.29, 0.717) is 5.88 Å². The molecule has 0 radical (unpaired) electrons. The van der Waals surface area contributed by atoms with E-state index >= 15 is 0 Å². The predicted octanol–water partition coefficient (Wildman–Crippen LogP) is 3.39. The fourth-order valence-corrected chi connectivity index (χ4v) is 3.06. The summed E-state index contributed by atoms with van der Waals surface area (Å²) in [6.07, 6.45) is 7.87. The summed E-state index contributed by atoms with van der Waals surface area (Å²) in [6.45, 7) is 0. The number of benzene rings is 1. The van der Waals surface area contributed by atoms with E-state index < -0.39 is 11.7 Å². The molecule has 126 valence electrons. The molecule has 0 bridgehead atoms. The molecule has 2 aromatic rings. The number of hydrogen-bond acceptors (Lipinski definition) is 4. The lowest BCUT2D eigenvalue weighted by Gasteiger charge is -2.29. The summed E-state index contributed by atoms with van der Waals surface area (Å²) in [7, 11) is 0. The van der Waals surface area contributed by atoms with Crippen molar-refractivity contribution >= 4 is 17.5 Å². The summed E-state index contributed by atoms with van der Waals surface area (Å²) in [5.41, 5.74) is -0.0999. The lowest BCUT2D eigenvalue weighted by atomic mass is 9.92. The lowest BCUT2D eigenvalue weighted by Crippen LogP contribution is -2.40. The number of ether oxygens (including phenoxy) is 1. The van der Waals surface area contributed by atoms with Crippen LogP contribution in [0.1, 0.15) is 36.0 Å². The SMILES string of the molecule is O=C(NC1CCC(Oc2cnccn2)CC1)c1c(F)cccc1Cl. The maximum atomic E-state index is 13.8. The summed E-state index contributed by atoms with van der Waals surface area (Å²) in [5.74, 6) is -0.584. The van der Waals surface area contributed by atoms with Gasteiger partial charge >= 0.3 is 0 Å². The van der Waals surface area contributed by atoms with Gasteiger partial charge in [-0.05, 0) is 37.8 Å². The van der Waals surface area contributed by atoms with Gasteiger partial charge in [0.25, 0.3) is 5.91 Å². The standard InChI is InChI=1S/C17H17ClFN3O2/c18-13-2-1-3-14(19)16(13)17(23)22-11-4-6-12(7-5-11)24-15-10-20-8-9-21-15/h1-3,8-12H,4-7H2,(H,22,23). The Bertz CT molecular complexity index is 686. The van der Waals surface area contributed by atoms with E-state index in [-0.39, 0.29) is 22.7 Å². The molecular weight excluding hydrogens is 333 g/mol. The zero-order valence-corrected chi connectivity index (χ0v) is 13.7. The van der Waals surface area contributed by atoms with E-state index in [2.05, 4.69) is 15.3 Å². The van der Waals surface area contributed by atoms with Gasteiger partial charge in [0.2, 0.25) is 5.88 Å². The molecule has 24 heavy (non-hydrogen) atoms. The maximum absolute atomic E-state index is 13.8. The van der Waals surface area contributed by atoms with Crippen molar-refractivity contribution < 1.29 is 13.9 Å². The molecule has 1 heterocycles. The molecular formula is C17H17ClFN3O2. The Labute approximate surface area is 144 Å². The van der Waals surface area contributed by atoms with Gasteiger partial charge < -0.3 is 10.1 Å². The van der Waals surface area contributed by atoms with Crippen molar-refractivity contribution in [2.45, 2.75) is 37.8 Å². The fourth-order valence-electron chi connectivity index (χ4n) is 2.81. The molecule has 7 heteroatoms. The van der Waals surface area contributed by atoms with Crippen LogP contribution in [-0.4, -0.2) is 28.0 Å². The predicted molar refractivity (Wildman–Crippen MR) is 87.6 cm³/mol. The summed E-state index contributed by atoms with van der Waals surface area (Å²) >= 11 is 5.92. The van der Waals surface area contributed by atoms with Crippen LogP contribution in [0.3, 0.4) is 0 Å². The van der Waals surface area contributed by atoms with E-state index in [1.54, 1.807) is 18.6 Å². The number of nitrogens with zero attached hydrogens (tertiary/aromatic N) is 2. The number of amides is 1. The monoisotopic (exact) mass is 349 g/mol. The van der Waals surface area contributed by atoms with Crippen LogP contribution in [0.15, 0.2) is 36.8 Å². The van der Waals surface area contributed by atoms with Gasteiger partial charge in [-0.15, -0.1) is 0 Å². The van der Waals surface area contributed by atoms with Crippen LogP contribution < -0.4 is 10.1 Å². The first-order chi connectivity index (χ1) is 11.6. The normalized spacial score (nSPS) is 20.4. The van der Waals surface area contributed by atoms with Crippen molar-refractivity contribution in [3.63, 3.8) is 0 Å². The van der Waals surface area contributed by atoms with Gasteiger partial charge in [0.1, 0.15) is 11.9 Å². The van der Waals surface area contributed by atoms with Crippen molar-refractivity contribution in [1.82, 2.24) is 15.3 Å². The second kappa shape index (κ2) is 7.57. The molecule has 1 saturated carbocycles. The van der Waals surface area contributed by atoms with E-state index in [1.165, 1.54) is 18.2 Å². The van der Waals surface area contributed by atoms with E-state index in [4.69, 9.17) is 16.3 Å². The molecule has 1 aromatic carbocycles. The van der Waals surface area contributed by atoms with Gasteiger partial charge in [0.05, 0.1) is 16.8 Å². The number of rotatable bonds is 4.